The van der Waals surface area contributed by atoms with E-state index in [1.54, 1.807) is 0 Å². The van der Waals surface area contributed by atoms with Crippen LogP contribution in [-0.4, -0.2) is 11.1 Å². The predicted molar refractivity (Wildman–Crippen MR) is 52.0 cm³/mol. The summed E-state index contributed by atoms with van der Waals surface area (Å²) in [5.74, 6) is -0.666. The van der Waals surface area contributed by atoms with E-state index in [-0.39, 0.29) is 26.3 Å². The summed E-state index contributed by atoms with van der Waals surface area (Å²) in [5.41, 5.74) is 0. The Morgan fingerprint density at radius 2 is 1.54 bits per heavy atom. The molecule has 13 heavy (non-hydrogen) atoms. The first-order valence-corrected chi connectivity index (χ1v) is 4.49. The van der Waals surface area contributed by atoms with Gasteiger partial charge in [-0.2, -0.15) is 0 Å². The predicted octanol–water partition coefficient (Wildman–Crippen LogP) is 0.276. The van der Waals surface area contributed by atoms with Crippen molar-refractivity contribution < 1.29 is 28.8 Å². The second-order valence-corrected chi connectivity index (χ2v) is 2.91. The van der Waals surface area contributed by atoms with Crippen molar-refractivity contribution >= 4 is 5.97 Å². The van der Waals surface area contributed by atoms with E-state index in [9.17, 15) is 4.79 Å². The van der Waals surface area contributed by atoms with Crippen LogP contribution in [0, 0.1) is 7.43 Å². The van der Waals surface area contributed by atoms with E-state index in [1.807, 2.05) is 0 Å². The van der Waals surface area contributed by atoms with E-state index >= 15 is 0 Å². The number of unbranched alkanes of at least 4 members (excludes halogenated alkanes) is 5. The number of hydrogen-bond acceptors (Lipinski definition) is 1. The number of hydrogen-bond donors (Lipinski definition) is 1. The molecule has 1 N–H and O–H groups in total. The van der Waals surface area contributed by atoms with Crippen LogP contribution >= 0.6 is 0 Å². The van der Waals surface area contributed by atoms with Gasteiger partial charge in [0.05, 0.1) is 0 Å². The normalized spacial score (nSPS) is 8.38. The van der Waals surface area contributed by atoms with Gasteiger partial charge in [0, 0.05) is 6.42 Å². The van der Waals surface area contributed by atoms with Crippen LogP contribution in [0.2, 0.25) is 0 Å². The van der Waals surface area contributed by atoms with Gasteiger partial charge in [-0.1, -0.05) is 39.0 Å². The maximum Gasteiger partial charge on any atom is 1.00 e. The third kappa shape index (κ3) is 18.8. The summed E-state index contributed by atoms with van der Waals surface area (Å²) in [4.78, 5) is 10.1. The van der Waals surface area contributed by atoms with E-state index in [0.717, 1.165) is 12.8 Å². The number of carboxylic acid groups (broad SMARTS) is 1. The maximum absolute atomic E-state index is 10.1. The van der Waals surface area contributed by atoms with Crippen LogP contribution < -0.4 is 18.9 Å². The molecule has 0 heterocycles. The van der Waals surface area contributed by atoms with Gasteiger partial charge in [0.2, 0.25) is 0 Å². The van der Waals surface area contributed by atoms with Gasteiger partial charge in [-0.25, -0.2) is 0 Å². The van der Waals surface area contributed by atoms with E-state index in [1.165, 1.54) is 25.7 Å². The van der Waals surface area contributed by atoms with Crippen molar-refractivity contribution in [3.8, 4) is 0 Å². The summed E-state index contributed by atoms with van der Waals surface area (Å²) < 4.78 is 0. The van der Waals surface area contributed by atoms with Gasteiger partial charge in [-0.05, 0) is 6.42 Å². The van der Waals surface area contributed by atoms with Crippen LogP contribution in [0.5, 0.6) is 0 Å². The molecule has 0 bridgehead atoms. The maximum atomic E-state index is 10.1. The fourth-order valence-electron chi connectivity index (χ4n) is 1.06. The van der Waals surface area contributed by atoms with Gasteiger partial charge >= 0.3 is 24.8 Å². The zero-order chi connectivity index (χ0) is 8.53. The molecule has 0 saturated carbocycles. The summed E-state index contributed by atoms with van der Waals surface area (Å²) >= 11 is 0. The minimum Gasteiger partial charge on any atom is -0.481 e. The average molecular weight is 180 g/mol. The zero-order valence-corrected chi connectivity index (χ0v) is 9.31. The smallest absolute Gasteiger partial charge is 0.481 e. The molecule has 74 valence electrons. The van der Waals surface area contributed by atoms with Crippen LogP contribution in [0.4, 0.5) is 0 Å². The van der Waals surface area contributed by atoms with Crippen molar-refractivity contribution in [2.75, 3.05) is 0 Å². The molecule has 0 aromatic carbocycles. The van der Waals surface area contributed by atoms with Gasteiger partial charge < -0.3 is 12.5 Å². The van der Waals surface area contributed by atoms with E-state index < -0.39 is 5.97 Å². The summed E-state index contributed by atoms with van der Waals surface area (Å²) in [6, 6.07) is 0. The summed E-state index contributed by atoms with van der Waals surface area (Å²) in [5, 5.41) is 8.32. The van der Waals surface area contributed by atoms with Crippen molar-refractivity contribution in [1.29, 1.82) is 0 Å². The first kappa shape index (κ1) is 18.8. The van der Waals surface area contributed by atoms with E-state index in [0.29, 0.717) is 6.42 Å². The molecule has 0 saturated heterocycles. The molecule has 0 amide bonds. The molecule has 0 aromatic rings. The SMILES string of the molecule is CCCCCCCCC(=O)O.[CH3-].[Li+]. The molecule has 3 heteroatoms. The minimum atomic E-state index is -0.666. The Morgan fingerprint density at radius 3 is 2.00 bits per heavy atom. The molecule has 0 fully saturated rings. The zero-order valence-electron chi connectivity index (χ0n) is 9.31. The van der Waals surface area contributed by atoms with Gasteiger partial charge in [0.15, 0.2) is 0 Å². The molecule has 0 unspecified atom stereocenters. The number of rotatable bonds is 7. The molecule has 0 aliphatic carbocycles. The Bertz CT molecular complexity index is 105. The fraction of sp³-hybridized carbons (Fsp3) is 0.800. The summed E-state index contributed by atoms with van der Waals surface area (Å²) in [6.07, 6.45) is 7.25. The van der Waals surface area contributed by atoms with Crippen molar-refractivity contribution in [3.63, 3.8) is 0 Å². The van der Waals surface area contributed by atoms with Crippen LogP contribution in [0.1, 0.15) is 51.9 Å². The third-order valence-electron chi connectivity index (χ3n) is 1.74. The summed E-state index contributed by atoms with van der Waals surface area (Å²) in [6.45, 7) is 2.18. The molecule has 0 aromatic heterocycles. The van der Waals surface area contributed by atoms with E-state index in [2.05, 4.69) is 6.92 Å². The molecule has 0 radical (unpaired) electrons. The van der Waals surface area contributed by atoms with Crippen LogP contribution in [0.25, 0.3) is 0 Å². The molecule has 0 aliphatic rings. The van der Waals surface area contributed by atoms with Crippen molar-refractivity contribution in [1.82, 2.24) is 0 Å². The third-order valence-corrected chi connectivity index (χ3v) is 1.74. The Balaban J connectivity index is -0.000000500. The number of aliphatic carboxylic acids is 1. The quantitative estimate of drug-likeness (QED) is 0.347. The molecule has 0 rings (SSSR count). The minimum absolute atomic E-state index is 0. The van der Waals surface area contributed by atoms with E-state index in [4.69, 9.17) is 5.11 Å². The molecular weight excluding hydrogens is 159 g/mol. The second-order valence-electron chi connectivity index (χ2n) is 2.91. The second kappa shape index (κ2) is 14.6. The molecule has 0 aliphatic heterocycles. The Kier molecular flexibility index (Phi) is 21.1. The van der Waals surface area contributed by atoms with Crippen molar-refractivity contribution in [2.24, 2.45) is 0 Å². The van der Waals surface area contributed by atoms with Gasteiger partial charge in [0.1, 0.15) is 0 Å². The van der Waals surface area contributed by atoms with Crippen LogP contribution in [0.15, 0.2) is 0 Å². The molecule has 0 spiro atoms. The number of carboxylic acids is 1. The molecule has 2 nitrogen and oxygen atoms in total. The number of carbonyl (C=O) groups is 1. The average Bonchev–Trinajstić information content (AvgIpc) is 1.96. The van der Waals surface area contributed by atoms with Gasteiger partial charge in [0.25, 0.3) is 0 Å². The Morgan fingerprint density at radius 1 is 1.08 bits per heavy atom. The first-order valence-electron chi connectivity index (χ1n) is 4.49. The largest absolute Gasteiger partial charge is 1.00 e. The van der Waals surface area contributed by atoms with Gasteiger partial charge in [-0.3, -0.25) is 4.79 Å². The Hall–Kier alpha value is 0.0674. The van der Waals surface area contributed by atoms with Crippen LogP contribution in [-0.2, 0) is 4.79 Å². The molecular formula is C10H21LiO2. The fourth-order valence-corrected chi connectivity index (χ4v) is 1.06. The van der Waals surface area contributed by atoms with Crippen molar-refractivity contribution in [2.45, 2.75) is 51.9 Å². The Labute approximate surface area is 94.3 Å². The monoisotopic (exact) mass is 180 g/mol. The van der Waals surface area contributed by atoms with Gasteiger partial charge in [-0.15, -0.1) is 0 Å². The topological polar surface area (TPSA) is 37.3 Å². The van der Waals surface area contributed by atoms with Crippen molar-refractivity contribution in [3.05, 3.63) is 7.43 Å². The summed E-state index contributed by atoms with van der Waals surface area (Å²) in [7, 11) is 0. The van der Waals surface area contributed by atoms with Crippen LogP contribution in [0.3, 0.4) is 0 Å². The standard InChI is InChI=1S/C9H18O2.CH3.Li/c1-2-3-4-5-6-7-8-9(10)11;;/h2-8H2,1H3,(H,10,11);1H3;/q;-1;+1. The first-order chi connectivity index (χ1) is 5.27. The molecule has 0 atom stereocenters.